The maximum absolute atomic E-state index is 12.2. The van der Waals surface area contributed by atoms with Crippen LogP contribution < -0.4 is 5.32 Å². The molecule has 0 saturated heterocycles. The van der Waals surface area contributed by atoms with Gasteiger partial charge in [0, 0.05) is 23.2 Å². The van der Waals surface area contributed by atoms with Gasteiger partial charge in [-0.2, -0.15) is 0 Å². The molecular weight excluding hydrogens is 352 g/mol. The molecule has 0 unspecified atom stereocenters. The average Bonchev–Trinajstić information content (AvgIpc) is 2.67. The molecule has 27 heavy (non-hydrogen) atoms. The van der Waals surface area contributed by atoms with Crippen LogP contribution in [0.1, 0.15) is 10.4 Å². The van der Waals surface area contributed by atoms with E-state index < -0.39 is 23.4 Å². The summed E-state index contributed by atoms with van der Waals surface area (Å²) in [5.74, 6) is -1.74. The van der Waals surface area contributed by atoms with E-state index in [0.717, 1.165) is 5.39 Å². The lowest BCUT2D eigenvalue weighted by molar-refractivity contribution is -0.384. The predicted molar refractivity (Wildman–Crippen MR) is 97.6 cm³/mol. The highest BCUT2D eigenvalue weighted by Gasteiger charge is 2.17. The highest BCUT2D eigenvalue weighted by Crippen LogP contribution is 2.29. The van der Waals surface area contributed by atoms with Crippen LogP contribution in [0.15, 0.2) is 60.7 Å². The van der Waals surface area contributed by atoms with Crippen molar-refractivity contribution in [3.63, 3.8) is 0 Å². The van der Waals surface area contributed by atoms with E-state index in [9.17, 15) is 24.8 Å². The topological polar surface area (TPSA) is 119 Å². The fourth-order valence-corrected chi connectivity index (χ4v) is 2.52. The molecule has 0 saturated carbocycles. The number of ether oxygens (including phenoxy) is 1. The second kappa shape index (κ2) is 7.52. The molecule has 8 heteroatoms. The smallest absolute Gasteiger partial charge is 0.342 e. The number of nitrogens with one attached hydrogen (secondary N) is 1. The fraction of sp³-hybridized carbons (Fsp3) is 0.0526. The van der Waals surface area contributed by atoms with Crippen LogP contribution in [0.4, 0.5) is 11.4 Å². The Balaban J connectivity index is 1.65. The Labute approximate surface area is 153 Å². The van der Waals surface area contributed by atoms with Crippen molar-refractivity contribution < 1.29 is 24.4 Å². The third-order valence-electron chi connectivity index (χ3n) is 3.80. The summed E-state index contributed by atoms with van der Waals surface area (Å²) in [6, 6.07) is 15.4. The molecular formula is C19H14N2O6. The molecule has 0 atom stereocenters. The number of nitrogens with zero attached hydrogens (tertiary/aromatic N) is 1. The van der Waals surface area contributed by atoms with Crippen LogP contribution in [0.5, 0.6) is 5.75 Å². The van der Waals surface area contributed by atoms with E-state index in [1.165, 1.54) is 30.3 Å². The molecule has 0 radical (unpaired) electrons. The highest BCUT2D eigenvalue weighted by atomic mass is 16.6. The van der Waals surface area contributed by atoms with Gasteiger partial charge in [0.15, 0.2) is 6.61 Å². The molecule has 0 heterocycles. The molecule has 136 valence electrons. The minimum Gasteiger partial charge on any atom is -0.506 e. The van der Waals surface area contributed by atoms with Crippen molar-refractivity contribution in [2.75, 3.05) is 11.9 Å². The third kappa shape index (κ3) is 4.01. The standard InChI is InChI=1S/C19H14N2O6/c22-17(20-13-5-3-6-14(10-13)21(25)26)11-27-19(24)16-9-8-12-4-1-2-7-15(12)18(16)23/h1-10,23H,11H2,(H,20,22). The molecule has 8 nitrogen and oxygen atoms in total. The van der Waals surface area contributed by atoms with Gasteiger partial charge in [0.1, 0.15) is 11.3 Å². The largest absolute Gasteiger partial charge is 0.506 e. The first-order valence-electron chi connectivity index (χ1n) is 7.88. The van der Waals surface area contributed by atoms with Gasteiger partial charge >= 0.3 is 5.97 Å². The number of hydrogen-bond donors (Lipinski definition) is 2. The van der Waals surface area contributed by atoms with Gasteiger partial charge in [-0.1, -0.05) is 36.4 Å². The van der Waals surface area contributed by atoms with Gasteiger partial charge in [0.2, 0.25) is 0 Å². The Bertz CT molecular complexity index is 1050. The number of benzene rings is 3. The number of amides is 1. The third-order valence-corrected chi connectivity index (χ3v) is 3.80. The van der Waals surface area contributed by atoms with E-state index >= 15 is 0 Å². The molecule has 0 aliphatic rings. The van der Waals surface area contributed by atoms with Crippen molar-refractivity contribution >= 4 is 34.0 Å². The van der Waals surface area contributed by atoms with Gasteiger partial charge in [-0.25, -0.2) is 4.79 Å². The molecule has 0 bridgehead atoms. The van der Waals surface area contributed by atoms with Gasteiger partial charge < -0.3 is 15.2 Å². The minimum absolute atomic E-state index is 0.0585. The molecule has 0 aromatic heterocycles. The summed E-state index contributed by atoms with van der Waals surface area (Å²) < 4.78 is 4.92. The SMILES string of the molecule is O=C(COC(=O)c1ccc2ccccc2c1O)Nc1cccc([N+](=O)[O-])c1. The van der Waals surface area contributed by atoms with Gasteiger partial charge in [-0.05, 0) is 17.5 Å². The first kappa shape index (κ1) is 17.9. The summed E-state index contributed by atoms with van der Waals surface area (Å²) in [4.78, 5) is 34.2. The van der Waals surface area contributed by atoms with Crippen LogP contribution in [0.2, 0.25) is 0 Å². The summed E-state index contributed by atoms with van der Waals surface area (Å²) in [6.07, 6.45) is 0. The molecule has 0 aliphatic heterocycles. The number of esters is 1. The molecule has 3 aromatic carbocycles. The lowest BCUT2D eigenvalue weighted by Crippen LogP contribution is -2.21. The summed E-state index contributed by atoms with van der Waals surface area (Å²) in [7, 11) is 0. The van der Waals surface area contributed by atoms with Gasteiger partial charge in [-0.3, -0.25) is 14.9 Å². The van der Waals surface area contributed by atoms with Crippen LogP contribution in [0.3, 0.4) is 0 Å². The number of carbonyl (C=O) groups excluding carboxylic acids is 2. The number of carbonyl (C=O) groups is 2. The summed E-state index contributed by atoms with van der Waals surface area (Å²) in [6.45, 7) is -0.603. The first-order valence-corrected chi connectivity index (χ1v) is 7.88. The predicted octanol–water partition coefficient (Wildman–Crippen LogP) is 3.25. The number of rotatable bonds is 5. The van der Waals surface area contributed by atoms with Crippen LogP contribution >= 0.6 is 0 Å². The van der Waals surface area contributed by atoms with Crippen LogP contribution in [0, 0.1) is 10.1 Å². The highest BCUT2D eigenvalue weighted by molar-refractivity contribution is 6.02. The molecule has 3 rings (SSSR count). The molecule has 0 aliphatic carbocycles. The van der Waals surface area contributed by atoms with Gasteiger partial charge in [-0.15, -0.1) is 0 Å². The van der Waals surface area contributed by atoms with Crippen molar-refractivity contribution in [3.8, 4) is 5.75 Å². The monoisotopic (exact) mass is 366 g/mol. The van der Waals surface area contributed by atoms with Crippen molar-refractivity contribution in [2.24, 2.45) is 0 Å². The zero-order valence-electron chi connectivity index (χ0n) is 13.9. The zero-order valence-corrected chi connectivity index (χ0v) is 13.9. The fourth-order valence-electron chi connectivity index (χ4n) is 2.52. The molecule has 0 fully saturated rings. The first-order chi connectivity index (χ1) is 13.0. The van der Waals surface area contributed by atoms with E-state index in [1.54, 1.807) is 30.3 Å². The number of hydrogen-bond acceptors (Lipinski definition) is 6. The minimum atomic E-state index is -0.854. The lowest BCUT2D eigenvalue weighted by atomic mass is 10.1. The Morgan fingerprint density at radius 3 is 2.63 bits per heavy atom. The molecule has 0 spiro atoms. The Morgan fingerprint density at radius 1 is 1.07 bits per heavy atom. The van der Waals surface area contributed by atoms with Crippen molar-refractivity contribution in [1.29, 1.82) is 0 Å². The number of aromatic hydroxyl groups is 1. The number of nitro groups is 1. The maximum Gasteiger partial charge on any atom is 0.342 e. The van der Waals surface area contributed by atoms with E-state index in [2.05, 4.69) is 5.32 Å². The Kier molecular flexibility index (Phi) is 4.98. The maximum atomic E-state index is 12.2. The van der Waals surface area contributed by atoms with E-state index in [-0.39, 0.29) is 22.7 Å². The van der Waals surface area contributed by atoms with Gasteiger partial charge in [0.05, 0.1) is 4.92 Å². The van der Waals surface area contributed by atoms with E-state index in [0.29, 0.717) is 5.39 Å². The van der Waals surface area contributed by atoms with Crippen molar-refractivity contribution in [1.82, 2.24) is 0 Å². The average molecular weight is 366 g/mol. The summed E-state index contributed by atoms with van der Waals surface area (Å²) >= 11 is 0. The molecule has 3 aromatic rings. The number of phenolic OH excluding ortho intramolecular Hbond substituents is 1. The van der Waals surface area contributed by atoms with Gasteiger partial charge in [0.25, 0.3) is 11.6 Å². The number of phenols is 1. The van der Waals surface area contributed by atoms with E-state index in [1.807, 2.05) is 0 Å². The van der Waals surface area contributed by atoms with Crippen LogP contribution in [-0.4, -0.2) is 28.5 Å². The normalized spacial score (nSPS) is 10.4. The number of anilines is 1. The summed E-state index contributed by atoms with van der Waals surface area (Å²) in [5.41, 5.74) is -0.0264. The number of non-ortho nitro benzene ring substituents is 1. The van der Waals surface area contributed by atoms with Crippen LogP contribution in [0.25, 0.3) is 10.8 Å². The quantitative estimate of drug-likeness (QED) is 0.406. The Morgan fingerprint density at radius 2 is 1.85 bits per heavy atom. The molecule has 2 N–H and O–H groups in total. The second-order valence-electron chi connectivity index (χ2n) is 5.61. The zero-order chi connectivity index (χ0) is 19.4. The van der Waals surface area contributed by atoms with Crippen LogP contribution in [-0.2, 0) is 9.53 Å². The summed E-state index contributed by atoms with van der Waals surface area (Å²) in [5, 5.41) is 24.6. The van der Waals surface area contributed by atoms with E-state index in [4.69, 9.17) is 4.74 Å². The second-order valence-corrected chi connectivity index (χ2v) is 5.61. The molecule has 1 amide bonds. The van der Waals surface area contributed by atoms with Crippen molar-refractivity contribution in [3.05, 3.63) is 76.3 Å². The van der Waals surface area contributed by atoms with Crippen molar-refractivity contribution in [2.45, 2.75) is 0 Å². The number of nitro benzene ring substituents is 1. The Hall–Kier alpha value is -3.94. The number of fused-ring (bicyclic) bond motifs is 1. The lowest BCUT2D eigenvalue weighted by Gasteiger charge is -2.09.